The summed E-state index contributed by atoms with van der Waals surface area (Å²) in [5.74, 6) is -9.03. The number of nitrogens with one attached hydrogen (secondary N) is 2. The van der Waals surface area contributed by atoms with E-state index < -0.39 is 124 Å². The molecule has 21 nitrogen and oxygen atoms in total. The van der Waals surface area contributed by atoms with Crippen molar-refractivity contribution in [1.82, 2.24) is 14.3 Å². The summed E-state index contributed by atoms with van der Waals surface area (Å²) < 4.78 is 69.5. The molecule has 0 radical (unpaired) electrons. The van der Waals surface area contributed by atoms with Crippen molar-refractivity contribution >= 4 is 45.5 Å². The number of hydrogen-bond donors (Lipinski definition) is 5. The number of nitrogens with zero attached hydrogens (tertiary/aromatic N) is 1. The molecule has 4 heterocycles. The molecule has 4 aliphatic heterocycles. The number of aliphatic hydroxyl groups is 3. The highest BCUT2D eigenvalue weighted by Crippen LogP contribution is 2.38. The number of allylic oxidation sites excluding steroid dienone is 6. The fourth-order valence-electron chi connectivity index (χ4n) is 11.4. The van der Waals surface area contributed by atoms with E-state index in [1.54, 1.807) is 40.9 Å². The summed E-state index contributed by atoms with van der Waals surface area (Å²) in [6, 6.07) is -2.19. The van der Waals surface area contributed by atoms with E-state index in [1.807, 2.05) is 55.9 Å². The summed E-state index contributed by atoms with van der Waals surface area (Å²) in [5, 5.41) is 33.5. The fraction of sp³-hybridized carbons (Fsp3) is 0.750. The van der Waals surface area contributed by atoms with Gasteiger partial charge in [-0.2, -0.15) is 13.1 Å². The van der Waals surface area contributed by atoms with Crippen LogP contribution < -0.4 is 9.44 Å². The third kappa shape index (κ3) is 17.4. The Bertz CT molecular complexity index is 2320. The van der Waals surface area contributed by atoms with Gasteiger partial charge >= 0.3 is 22.3 Å². The zero-order valence-corrected chi connectivity index (χ0v) is 47.9. The molecule has 2 bridgehead atoms. The van der Waals surface area contributed by atoms with E-state index in [1.165, 1.54) is 14.2 Å². The zero-order chi connectivity index (χ0) is 57.6. The number of carbonyl (C=O) groups excluding carboxylic acids is 6. The van der Waals surface area contributed by atoms with E-state index in [0.717, 1.165) is 10.5 Å². The highest BCUT2D eigenvalue weighted by molar-refractivity contribution is 7.88. The first-order valence-electron chi connectivity index (χ1n) is 27.6. The lowest BCUT2D eigenvalue weighted by atomic mass is 9.78. The first-order chi connectivity index (χ1) is 36.8. The maximum atomic E-state index is 14.6. The van der Waals surface area contributed by atoms with Crippen molar-refractivity contribution in [2.75, 3.05) is 41.1 Å². The number of methoxy groups -OCH3 is 3. The molecule has 22 heteroatoms. The maximum Gasteiger partial charge on any atom is 0.422 e. The number of ether oxygens (including phenoxy) is 7. The van der Waals surface area contributed by atoms with Crippen LogP contribution in [0.1, 0.15) is 126 Å². The average Bonchev–Trinajstić information content (AvgIpc) is 3.86. The maximum absolute atomic E-state index is 14.6. The summed E-state index contributed by atoms with van der Waals surface area (Å²) in [5.41, 5.74) is 1.17. The second kappa shape index (κ2) is 29.5. The minimum absolute atomic E-state index is 0.0186. The van der Waals surface area contributed by atoms with Gasteiger partial charge in [0.15, 0.2) is 5.78 Å². The topological polar surface area (TPSA) is 289 Å². The molecule has 1 saturated carbocycles. The van der Waals surface area contributed by atoms with Crippen LogP contribution in [0.4, 0.5) is 4.79 Å². The van der Waals surface area contributed by atoms with Crippen LogP contribution in [0.3, 0.4) is 0 Å². The molecule has 1 aliphatic carbocycles. The number of Topliss-reactive ketones (excluding diaryl/α,β-unsaturated/α-hetero) is 3. The van der Waals surface area contributed by atoms with Crippen molar-refractivity contribution in [3.8, 4) is 0 Å². The Balaban J connectivity index is 1.41. The summed E-state index contributed by atoms with van der Waals surface area (Å²) in [6.45, 7) is 12.2. The van der Waals surface area contributed by atoms with Crippen LogP contribution in [0.2, 0.25) is 0 Å². The molecule has 17 atom stereocenters. The molecule has 5 aliphatic rings. The van der Waals surface area contributed by atoms with Crippen LogP contribution in [-0.4, -0.2) is 172 Å². The number of carbonyl (C=O) groups is 6. The molecule has 440 valence electrons. The van der Waals surface area contributed by atoms with Gasteiger partial charge in [0, 0.05) is 58.5 Å². The lowest BCUT2D eigenvalue weighted by Crippen LogP contribution is -2.61. The number of fused-ring (bicyclic) bond motifs is 3. The Labute approximate surface area is 460 Å². The number of esters is 1. The van der Waals surface area contributed by atoms with Gasteiger partial charge in [-0.15, -0.1) is 0 Å². The predicted octanol–water partition coefficient (Wildman–Crippen LogP) is 4.51. The van der Waals surface area contributed by atoms with Gasteiger partial charge < -0.3 is 53.4 Å². The lowest BCUT2D eigenvalue weighted by Gasteiger charge is -2.42. The second-order valence-electron chi connectivity index (χ2n) is 22.4. The first-order valence-corrected chi connectivity index (χ1v) is 29.1. The van der Waals surface area contributed by atoms with Crippen LogP contribution in [-0.2, 0) is 67.3 Å². The normalized spacial score (nSPS) is 37.6. The van der Waals surface area contributed by atoms with E-state index in [0.29, 0.717) is 56.9 Å². The smallest absolute Gasteiger partial charge is 0.422 e. The van der Waals surface area contributed by atoms with Crippen molar-refractivity contribution in [3.05, 3.63) is 47.6 Å². The van der Waals surface area contributed by atoms with E-state index in [-0.39, 0.29) is 68.8 Å². The fourth-order valence-corrected chi connectivity index (χ4v) is 12.3. The third-order valence-corrected chi connectivity index (χ3v) is 17.3. The Morgan fingerprint density at radius 3 is 2.27 bits per heavy atom. The molecule has 5 rings (SSSR count). The van der Waals surface area contributed by atoms with Crippen LogP contribution in [0, 0.1) is 35.5 Å². The van der Waals surface area contributed by atoms with Gasteiger partial charge in [-0.25, -0.2) is 14.3 Å². The molecular formula is C56H87N3O18S. The Morgan fingerprint density at radius 2 is 1.60 bits per heavy atom. The second-order valence-corrected chi connectivity index (χ2v) is 23.8. The molecule has 0 aromatic carbocycles. The highest BCUT2D eigenvalue weighted by Gasteiger charge is 2.53. The van der Waals surface area contributed by atoms with Crippen molar-refractivity contribution in [2.24, 2.45) is 35.5 Å². The van der Waals surface area contributed by atoms with Gasteiger partial charge in [0.2, 0.25) is 5.79 Å². The molecule has 0 unspecified atom stereocenters. The number of amides is 2. The number of piperidine rings is 1. The van der Waals surface area contributed by atoms with Crippen molar-refractivity contribution in [1.29, 1.82) is 0 Å². The summed E-state index contributed by atoms with van der Waals surface area (Å²) in [4.78, 5) is 85.4. The van der Waals surface area contributed by atoms with Crippen molar-refractivity contribution in [2.45, 2.75) is 192 Å². The van der Waals surface area contributed by atoms with Gasteiger partial charge in [0.1, 0.15) is 36.2 Å². The first kappa shape index (κ1) is 64.6. The molecule has 0 aromatic rings. The van der Waals surface area contributed by atoms with Crippen LogP contribution in [0.5, 0.6) is 0 Å². The minimum Gasteiger partial charge on any atom is -0.460 e. The molecular weight excluding hydrogens is 1030 g/mol. The molecule has 0 aromatic heterocycles. The Kier molecular flexibility index (Phi) is 24.4. The van der Waals surface area contributed by atoms with Crippen LogP contribution in [0.25, 0.3) is 0 Å². The molecule has 78 heavy (non-hydrogen) atoms. The van der Waals surface area contributed by atoms with E-state index in [2.05, 4.69) is 4.72 Å². The standard InChI is InChI=1S/C56H87N3O18S/c1-32-16-12-11-13-17-33(2)46(71-8)28-40-21-19-38(7)56(68,77-40)52(64)53(65)59-23-15-14-18-42(59)54(66)75-47(29-43(60)34(3)25-37(6)50(63)51(73-10)49(62)36(5)24-32)35(4)26-39-20-22-45(48(27-39)72-9)76-55(67)58-78(69,70)57-41-30-74-31-44(41)61/h11-13,16-17,25,32,34-36,38-42,44-48,50-51,57,61,63,68H,14-15,18-24,26-31H2,1-10H3,(H,58,67)/b13-11?,16-12+,33-17?,37-25+/t32-,34-,35-,36-,38-,39+,40+,41+,42+,44+,45-,46+,47+,48-,50-,51+,56-/m1/s1. The molecule has 5 N–H and O–H groups in total. The SMILES string of the molecule is CO[C@H]1C[C@@H]2CC[C@@H](C)[C@@](O)(O2)C(=O)C(=O)N2CCCC[C@H]2C(=O)O[C@H]([C@H](C)C[C@@H]2CC[C@@H](OC(=O)NS(=O)(=O)N[C@H]3COC[C@@H]3O)[C@H](OC)C2)CC(=O)[C@H](C)/C=C(\C)[C@@H](O)[C@@H](OC)C(=O)[C@H](C)C[C@H](C)/C=C/C=CC=C1C. The quantitative estimate of drug-likeness (QED) is 0.114. The summed E-state index contributed by atoms with van der Waals surface area (Å²) >= 11 is 0. The van der Waals surface area contributed by atoms with Gasteiger partial charge in [-0.05, 0) is 107 Å². The number of ketones is 3. The highest BCUT2D eigenvalue weighted by atomic mass is 32.2. The average molecular weight is 1120 g/mol. The number of aliphatic hydroxyl groups excluding tert-OH is 2. The summed E-state index contributed by atoms with van der Waals surface area (Å²) in [6.07, 6.45) is 6.24. The van der Waals surface area contributed by atoms with E-state index >= 15 is 0 Å². The minimum atomic E-state index is -4.43. The number of rotatable bonds is 10. The van der Waals surface area contributed by atoms with Crippen LogP contribution in [0.15, 0.2) is 47.6 Å². The molecule has 4 fully saturated rings. The van der Waals surface area contributed by atoms with E-state index in [9.17, 15) is 52.5 Å². The molecule has 3 saturated heterocycles. The van der Waals surface area contributed by atoms with Crippen molar-refractivity contribution in [3.63, 3.8) is 0 Å². The number of hydrogen-bond acceptors (Lipinski definition) is 18. The largest absolute Gasteiger partial charge is 0.460 e. The van der Waals surface area contributed by atoms with Crippen LogP contribution >= 0.6 is 0 Å². The van der Waals surface area contributed by atoms with E-state index in [4.69, 9.17) is 33.2 Å². The Morgan fingerprint density at radius 1 is 0.872 bits per heavy atom. The molecule has 0 spiro atoms. The van der Waals surface area contributed by atoms with Crippen molar-refractivity contribution < 1.29 is 85.7 Å². The number of cyclic esters (lactones) is 1. The van der Waals surface area contributed by atoms with Gasteiger partial charge in [-0.1, -0.05) is 71.1 Å². The molecule has 2 amide bonds. The Hall–Kier alpha value is -4.23. The van der Waals surface area contributed by atoms with Gasteiger partial charge in [0.05, 0.1) is 43.7 Å². The zero-order valence-electron chi connectivity index (χ0n) is 47.1. The monoisotopic (exact) mass is 1120 g/mol. The lowest BCUT2D eigenvalue weighted by molar-refractivity contribution is -0.265. The third-order valence-electron chi connectivity index (χ3n) is 16.3. The predicted molar refractivity (Wildman–Crippen MR) is 285 cm³/mol. The van der Waals surface area contributed by atoms with Gasteiger partial charge in [-0.3, -0.25) is 19.2 Å². The van der Waals surface area contributed by atoms with Gasteiger partial charge in [0.25, 0.3) is 11.7 Å². The summed E-state index contributed by atoms with van der Waals surface area (Å²) in [7, 11) is -0.0947.